The van der Waals surface area contributed by atoms with Gasteiger partial charge in [0, 0.05) is 17.5 Å². The summed E-state index contributed by atoms with van der Waals surface area (Å²) in [4.78, 5) is 0.914. The Morgan fingerprint density at radius 1 is 1.28 bits per heavy atom. The average Bonchev–Trinajstić information content (AvgIpc) is 3.24. The fourth-order valence-electron chi connectivity index (χ4n) is 2.05. The summed E-state index contributed by atoms with van der Waals surface area (Å²) in [6, 6.07) is 3.75. The molecule has 18 heavy (non-hydrogen) atoms. The van der Waals surface area contributed by atoms with Gasteiger partial charge in [0.1, 0.15) is 4.21 Å². The van der Waals surface area contributed by atoms with Crippen LogP contribution in [0.15, 0.2) is 16.3 Å². The minimum atomic E-state index is -3.29. The van der Waals surface area contributed by atoms with Gasteiger partial charge in [0.2, 0.25) is 0 Å². The normalized spacial score (nSPS) is 20.6. The van der Waals surface area contributed by atoms with Crippen molar-refractivity contribution in [1.82, 2.24) is 4.31 Å². The zero-order chi connectivity index (χ0) is 12.8. The lowest BCUT2D eigenvalue weighted by Gasteiger charge is -2.20. The molecule has 0 aromatic carbocycles. The van der Waals surface area contributed by atoms with Crippen LogP contribution in [0.4, 0.5) is 0 Å². The first-order valence-corrected chi connectivity index (χ1v) is 9.07. The average molecular weight is 306 g/mol. The van der Waals surface area contributed by atoms with Crippen molar-refractivity contribution in [2.45, 2.75) is 41.8 Å². The SMILES string of the molecule is O=S(=O)(c1ccc(CCl)s1)N(CC1CC1)C1CC1. The van der Waals surface area contributed by atoms with Crippen LogP contribution in [-0.2, 0) is 15.9 Å². The maximum absolute atomic E-state index is 12.6. The summed E-state index contributed by atoms with van der Waals surface area (Å²) in [5, 5.41) is 0. The second-order valence-corrected chi connectivity index (χ2v) is 8.66. The van der Waals surface area contributed by atoms with E-state index >= 15 is 0 Å². The highest BCUT2D eigenvalue weighted by Gasteiger charge is 2.41. The van der Waals surface area contributed by atoms with Crippen LogP contribution in [0.1, 0.15) is 30.6 Å². The van der Waals surface area contributed by atoms with Gasteiger partial charge in [-0.3, -0.25) is 0 Å². The molecule has 2 saturated carbocycles. The second-order valence-electron chi connectivity index (χ2n) is 5.10. The quantitative estimate of drug-likeness (QED) is 0.758. The molecule has 0 unspecified atom stereocenters. The number of alkyl halides is 1. The van der Waals surface area contributed by atoms with E-state index in [1.807, 2.05) is 6.07 Å². The number of rotatable bonds is 6. The first-order valence-electron chi connectivity index (χ1n) is 6.28. The summed E-state index contributed by atoms with van der Waals surface area (Å²) in [6.45, 7) is 0.709. The Hall–Kier alpha value is -0.100. The highest BCUT2D eigenvalue weighted by atomic mass is 35.5. The highest BCUT2D eigenvalue weighted by Crippen LogP contribution is 2.39. The summed E-state index contributed by atoms with van der Waals surface area (Å²) in [6.07, 6.45) is 4.38. The molecule has 1 aromatic rings. The molecular formula is C12H16ClNO2S2. The van der Waals surface area contributed by atoms with E-state index in [4.69, 9.17) is 11.6 Å². The molecule has 0 N–H and O–H groups in total. The van der Waals surface area contributed by atoms with Gasteiger partial charge in [-0.15, -0.1) is 22.9 Å². The standard InChI is InChI=1S/C12H16ClNO2S2/c13-7-11-5-6-12(17-11)18(15,16)14(10-3-4-10)8-9-1-2-9/h5-6,9-10H,1-4,7-8H2. The minimum Gasteiger partial charge on any atom is -0.206 e. The predicted octanol–water partition coefficient (Wildman–Crippen LogP) is 3.05. The lowest BCUT2D eigenvalue weighted by Crippen LogP contribution is -2.34. The van der Waals surface area contributed by atoms with E-state index in [1.54, 1.807) is 10.4 Å². The van der Waals surface area contributed by atoms with Crippen molar-refractivity contribution in [2.24, 2.45) is 5.92 Å². The molecule has 0 radical (unpaired) electrons. The van der Waals surface area contributed by atoms with E-state index < -0.39 is 10.0 Å². The third-order valence-electron chi connectivity index (χ3n) is 3.42. The second kappa shape index (κ2) is 4.78. The molecule has 0 saturated heterocycles. The molecule has 6 heteroatoms. The molecule has 0 amide bonds. The zero-order valence-corrected chi connectivity index (χ0v) is 12.4. The van der Waals surface area contributed by atoms with E-state index in [1.165, 1.54) is 24.2 Å². The van der Waals surface area contributed by atoms with Crippen LogP contribution in [0.25, 0.3) is 0 Å². The number of halogens is 1. The van der Waals surface area contributed by atoms with Gasteiger partial charge >= 0.3 is 0 Å². The fraction of sp³-hybridized carbons (Fsp3) is 0.667. The van der Waals surface area contributed by atoms with Crippen molar-refractivity contribution in [2.75, 3.05) is 6.54 Å². The Kier molecular flexibility index (Phi) is 3.43. The van der Waals surface area contributed by atoms with E-state index in [0.717, 1.165) is 17.7 Å². The number of thiophene rings is 1. The van der Waals surface area contributed by atoms with Crippen LogP contribution in [0, 0.1) is 5.92 Å². The molecule has 100 valence electrons. The van der Waals surface area contributed by atoms with E-state index in [-0.39, 0.29) is 6.04 Å². The Morgan fingerprint density at radius 2 is 2.00 bits per heavy atom. The minimum absolute atomic E-state index is 0.247. The lowest BCUT2D eigenvalue weighted by molar-refractivity contribution is 0.390. The van der Waals surface area contributed by atoms with E-state index in [2.05, 4.69) is 0 Å². The monoisotopic (exact) mass is 305 g/mol. The maximum Gasteiger partial charge on any atom is 0.252 e. The zero-order valence-electron chi connectivity index (χ0n) is 10.0. The van der Waals surface area contributed by atoms with Crippen molar-refractivity contribution in [1.29, 1.82) is 0 Å². The third-order valence-corrected chi connectivity index (χ3v) is 7.34. The third kappa shape index (κ3) is 2.59. The lowest BCUT2D eigenvalue weighted by atomic mass is 10.4. The van der Waals surface area contributed by atoms with Gasteiger partial charge in [-0.2, -0.15) is 4.31 Å². The van der Waals surface area contributed by atoms with Crippen molar-refractivity contribution in [3.05, 3.63) is 17.0 Å². The Morgan fingerprint density at radius 3 is 2.50 bits per heavy atom. The largest absolute Gasteiger partial charge is 0.252 e. The predicted molar refractivity (Wildman–Crippen MR) is 73.5 cm³/mol. The first kappa shape index (κ1) is 12.9. The Balaban J connectivity index is 1.85. The van der Waals surface area contributed by atoms with Crippen LogP contribution in [0.5, 0.6) is 0 Å². The molecule has 1 heterocycles. The summed E-state index contributed by atoms with van der Waals surface area (Å²) in [7, 11) is -3.29. The molecule has 1 aromatic heterocycles. The first-order chi connectivity index (χ1) is 8.61. The molecule has 2 aliphatic rings. The smallest absolute Gasteiger partial charge is 0.206 e. The molecule has 0 bridgehead atoms. The Bertz CT molecular complexity index is 532. The molecule has 2 aliphatic carbocycles. The van der Waals surface area contributed by atoms with Gasteiger partial charge in [-0.05, 0) is 43.7 Å². The molecule has 2 fully saturated rings. The van der Waals surface area contributed by atoms with E-state index in [9.17, 15) is 8.42 Å². The van der Waals surface area contributed by atoms with Gasteiger partial charge in [0.25, 0.3) is 10.0 Å². The summed E-state index contributed by atoms with van der Waals surface area (Å²) in [5.41, 5.74) is 0. The van der Waals surface area contributed by atoms with Gasteiger partial charge in [-0.1, -0.05) is 0 Å². The summed E-state index contributed by atoms with van der Waals surface area (Å²) >= 11 is 7.04. The molecule has 0 spiro atoms. The number of hydrogen-bond acceptors (Lipinski definition) is 3. The van der Waals surface area contributed by atoms with Crippen LogP contribution in [0.2, 0.25) is 0 Å². The van der Waals surface area contributed by atoms with Gasteiger partial charge in [-0.25, -0.2) is 8.42 Å². The van der Waals surface area contributed by atoms with Crippen LogP contribution in [-0.4, -0.2) is 25.3 Å². The topological polar surface area (TPSA) is 37.4 Å². The number of nitrogens with zero attached hydrogens (tertiary/aromatic N) is 1. The van der Waals surface area contributed by atoms with E-state index in [0.29, 0.717) is 22.6 Å². The van der Waals surface area contributed by atoms with Crippen LogP contribution < -0.4 is 0 Å². The van der Waals surface area contributed by atoms with Crippen molar-refractivity contribution in [3.8, 4) is 0 Å². The highest BCUT2D eigenvalue weighted by molar-refractivity contribution is 7.91. The fourth-order valence-corrected chi connectivity index (χ4v) is 5.39. The number of sulfonamides is 1. The van der Waals surface area contributed by atoms with Crippen molar-refractivity contribution < 1.29 is 8.42 Å². The summed E-state index contributed by atoms with van der Waals surface area (Å²) in [5.74, 6) is 0.972. The molecule has 0 aliphatic heterocycles. The van der Waals surface area contributed by atoms with Crippen molar-refractivity contribution in [3.63, 3.8) is 0 Å². The summed E-state index contributed by atoms with van der Waals surface area (Å²) < 4.78 is 27.4. The Labute approximate surface area is 117 Å². The molecule has 3 rings (SSSR count). The molecule has 0 atom stereocenters. The maximum atomic E-state index is 12.6. The van der Waals surface area contributed by atoms with Crippen LogP contribution >= 0.6 is 22.9 Å². The van der Waals surface area contributed by atoms with Crippen LogP contribution in [0.3, 0.4) is 0 Å². The van der Waals surface area contributed by atoms with Crippen molar-refractivity contribution >= 4 is 33.0 Å². The van der Waals surface area contributed by atoms with Gasteiger partial charge in [0.15, 0.2) is 0 Å². The van der Waals surface area contributed by atoms with Gasteiger partial charge in [0.05, 0.1) is 5.88 Å². The number of hydrogen-bond donors (Lipinski definition) is 0. The molecular weight excluding hydrogens is 290 g/mol. The van der Waals surface area contributed by atoms with Gasteiger partial charge < -0.3 is 0 Å². The molecule has 3 nitrogen and oxygen atoms in total.